The molecule has 1 aromatic carbocycles. The van der Waals surface area contributed by atoms with Crippen molar-refractivity contribution in [3.63, 3.8) is 0 Å². The van der Waals surface area contributed by atoms with E-state index >= 15 is 0 Å². The van der Waals surface area contributed by atoms with Crippen molar-refractivity contribution in [3.05, 3.63) is 29.8 Å². The monoisotopic (exact) mass is 346 g/mol. The molecule has 0 unspecified atom stereocenters. The summed E-state index contributed by atoms with van der Waals surface area (Å²) in [5.74, 6) is -0.368. The molecular formula is C19H30N4O2. The van der Waals surface area contributed by atoms with Crippen molar-refractivity contribution in [2.24, 2.45) is 22.8 Å². The molecule has 0 saturated carbocycles. The van der Waals surface area contributed by atoms with E-state index in [9.17, 15) is 9.59 Å². The zero-order chi connectivity index (χ0) is 18.6. The maximum atomic E-state index is 12.3. The van der Waals surface area contributed by atoms with Gasteiger partial charge in [0.2, 0.25) is 11.8 Å². The Morgan fingerprint density at radius 1 is 1.28 bits per heavy atom. The summed E-state index contributed by atoms with van der Waals surface area (Å²) in [6.07, 6.45) is 1.62. The Balaban J connectivity index is 1.93. The van der Waals surface area contributed by atoms with E-state index < -0.39 is 6.04 Å². The molecule has 6 heteroatoms. The Kier molecular flexibility index (Phi) is 6.19. The molecule has 25 heavy (non-hydrogen) atoms. The van der Waals surface area contributed by atoms with Crippen molar-refractivity contribution in [2.75, 3.05) is 18.4 Å². The highest BCUT2D eigenvalue weighted by Crippen LogP contribution is 2.21. The van der Waals surface area contributed by atoms with Gasteiger partial charge in [-0.1, -0.05) is 32.9 Å². The van der Waals surface area contributed by atoms with E-state index in [4.69, 9.17) is 11.5 Å². The van der Waals surface area contributed by atoms with Gasteiger partial charge in [0, 0.05) is 18.2 Å². The number of nitrogens with one attached hydrogen (secondary N) is 1. The average Bonchev–Trinajstić information content (AvgIpc) is 2.54. The van der Waals surface area contributed by atoms with Crippen LogP contribution < -0.4 is 16.8 Å². The first-order valence-electron chi connectivity index (χ1n) is 8.84. The van der Waals surface area contributed by atoms with Crippen LogP contribution in [0.1, 0.15) is 39.2 Å². The third-order valence-corrected chi connectivity index (χ3v) is 4.81. The highest BCUT2D eigenvalue weighted by Gasteiger charge is 2.27. The smallest absolute Gasteiger partial charge is 0.241 e. The molecule has 2 amide bonds. The zero-order valence-electron chi connectivity index (χ0n) is 15.4. The van der Waals surface area contributed by atoms with Gasteiger partial charge >= 0.3 is 0 Å². The predicted octanol–water partition coefficient (Wildman–Crippen LogP) is 1.70. The van der Waals surface area contributed by atoms with E-state index in [1.54, 1.807) is 0 Å². The summed E-state index contributed by atoms with van der Waals surface area (Å²) in [7, 11) is 0. The summed E-state index contributed by atoms with van der Waals surface area (Å²) >= 11 is 0. The van der Waals surface area contributed by atoms with Crippen molar-refractivity contribution in [1.29, 1.82) is 0 Å². The van der Waals surface area contributed by atoms with Crippen LogP contribution in [0.15, 0.2) is 24.3 Å². The fourth-order valence-electron chi connectivity index (χ4n) is 2.99. The van der Waals surface area contributed by atoms with Gasteiger partial charge in [0.25, 0.3) is 0 Å². The van der Waals surface area contributed by atoms with Crippen LogP contribution in [0.25, 0.3) is 0 Å². The van der Waals surface area contributed by atoms with Crippen LogP contribution >= 0.6 is 0 Å². The molecule has 2 rings (SSSR count). The van der Waals surface area contributed by atoms with Gasteiger partial charge in [-0.2, -0.15) is 0 Å². The first kappa shape index (κ1) is 19.4. The van der Waals surface area contributed by atoms with Gasteiger partial charge in [-0.3, -0.25) is 14.5 Å². The Morgan fingerprint density at radius 2 is 1.92 bits per heavy atom. The number of primary amides is 1. The number of carbonyl (C=O) groups is 2. The number of likely N-dealkylation sites (tertiary alicyclic amines) is 1. The lowest BCUT2D eigenvalue weighted by molar-refractivity contribution is -0.123. The van der Waals surface area contributed by atoms with Crippen LogP contribution in [0.2, 0.25) is 0 Å². The van der Waals surface area contributed by atoms with Gasteiger partial charge in [0.05, 0.1) is 6.04 Å². The lowest BCUT2D eigenvalue weighted by Gasteiger charge is -2.30. The summed E-state index contributed by atoms with van der Waals surface area (Å²) in [5, 5.41) is 2.90. The van der Waals surface area contributed by atoms with Crippen LogP contribution in [0.4, 0.5) is 5.69 Å². The Morgan fingerprint density at radius 3 is 2.48 bits per heavy atom. The molecule has 6 nitrogen and oxygen atoms in total. The Hall–Kier alpha value is -1.92. The molecule has 0 aromatic heterocycles. The zero-order valence-corrected chi connectivity index (χ0v) is 15.4. The topological polar surface area (TPSA) is 101 Å². The highest BCUT2D eigenvalue weighted by atomic mass is 16.2. The SMILES string of the molecule is CC(C)(C)[C@H](N)C(=O)Nc1cccc(CN2CCC(C(N)=O)CC2)c1. The molecular weight excluding hydrogens is 316 g/mol. The Labute approximate surface area is 149 Å². The molecule has 0 bridgehead atoms. The minimum Gasteiger partial charge on any atom is -0.369 e. The quantitative estimate of drug-likeness (QED) is 0.755. The molecule has 5 N–H and O–H groups in total. The third kappa shape index (κ3) is 5.54. The van der Waals surface area contributed by atoms with Crippen LogP contribution in [-0.2, 0) is 16.1 Å². The molecule has 0 radical (unpaired) electrons. The molecule has 1 aliphatic heterocycles. The number of hydrogen-bond donors (Lipinski definition) is 3. The van der Waals surface area contributed by atoms with Crippen molar-refractivity contribution < 1.29 is 9.59 Å². The minimum atomic E-state index is -0.566. The van der Waals surface area contributed by atoms with Gasteiger partial charge in [0.15, 0.2) is 0 Å². The van der Waals surface area contributed by atoms with E-state index in [2.05, 4.69) is 10.2 Å². The average molecular weight is 346 g/mol. The molecule has 1 fully saturated rings. The number of anilines is 1. The molecule has 138 valence electrons. The second kappa shape index (κ2) is 7.97. The fraction of sp³-hybridized carbons (Fsp3) is 0.579. The minimum absolute atomic E-state index is 0.000702. The molecule has 1 aromatic rings. The number of rotatable bonds is 5. The van der Waals surface area contributed by atoms with Gasteiger partial charge < -0.3 is 16.8 Å². The third-order valence-electron chi connectivity index (χ3n) is 4.81. The van der Waals surface area contributed by atoms with Crippen LogP contribution in [-0.4, -0.2) is 35.8 Å². The fourth-order valence-corrected chi connectivity index (χ4v) is 2.99. The standard InChI is InChI=1S/C19H30N4O2/c1-19(2,3)16(20)18(25)22-15-6-4-5-13(11-15)12-23-9-7-14(8-10-23)17(21)24/h4-6,11,14,16H,7-10,12,20H2,1-3H3,(H2,21,24)(H,22,25)/t16-/m1/s1. The van der Waals surface area contributed by atoms with E-state index in [0.29, 0.717) is 0 Å². The van der Waals surface area contributed by atoms with Crippen LogP contribution in [0, 0.1) is 11.3 Å². The largest absolute Gasteiger partial charge is 0.369 e. The number of amides is 2. The highest BCUT2D eigenvalue weighted by molar-refractivity contribution is 5.95. The summed E-state index contributed by atoms with van der Waals surface area (Å²) < 4.78 is 0. The lowest BCUT2D eigenvalue weighted by Crippen LogP contribution is -2.45. The van der Waals surface area contributed by atoms with Crippen molar-refractivity contribution >= 4 is 17.5 Å². The number of nitrogens with two attached hydrogens (primary N) is 2. The summed E-state index contributed by atoms with van der Waals surface area (Å²) in [6.45, 7) is 8.36. The van der Waals surface area contributed by atoms with E-state index in [0.717, 1.165) is 43.7 Å². The number of carbonyl (C=O) groups excluding carboxylic acids is 2. The molecule has 0 spiro atoms. The summed E-state index contributed by atoms with van der Waals surface area (Å²) in [6, 6.07) is 7.26. The van der Waals surface area contributed by atoms with Crippen molar-refractivity contribution in [3.8, 4) is 0 Å². The van der Waals surface area contributed by atoms with E-state index in [-0.39, 0.29) is 23.1 Å². The maximum Gasteiger partial charge on any atom is 0.241 e. The van der Waals surface area contributed by atoms with E-state index in [1.165, 1.54) is 0 Å². The van der Waals surface area contributed by atoms with E-state index in [1.807, 2.05) is 45.0 Å². The molecule has 1 saturated heterocycles. The second-order valence-corrected chi connectivity index (χ2v) is 7.99. The lowest BCUT2D eigenvalue weighted by atomic mass is 9.87. The van der Waals surface area contributed by atoms with Gasteiger partial charge in [-0.25, -0.2) is 0 Å². The van der Waals surface area contributed by atoms with Gasteiger partial charge in [0.1, 0.15) is 0 Å². The van der Waals surface area contributed by atoms with Crippen LogP contribution in [0.3, 0.4) is 0 Å². The first-order valence-corrected chi connectivity index (χ1v) is 8.84. The molecule has 1 heterocycles. The molecule has 0 aliphatic carbocycles. The second-order valence-electron chi connectivity index (χ2n) is 7.99. The van der Waals surface area contributed by atoms with Crippen molar-refractivity contribution in [2.45, 2.75) is 46.2 Å². The normalized spacial score (nSPS) is 17.9. The van der Waals surface area contributed by atoms with Crippen LogP contribution in [0.5, 0.6) is 0 Å². The summed E-state index contributed by atoms with van der Waals surface area (Å²) in [4.78, 5) is 25.8. The first-order chi connectivity index (χ1) is 11.7. The maximum absolute atomic E-state index is 12.3. The van der Waals surface area contributed by atoms with Gasteiger partial charge in [-0.05, 0) is 49.0 Å². The van der Waals surface area contributed by atoms with Gasteiger partial charge in [-0.15, -0.1) is 0 Å². The molecule has 1 atom stereocenters. The number of piperidine rings is 1. The number of nitrogens with zero attached hydrogens (tertiary/aromatic N) is 1. The predicted molar refractivity (Wildman–Crippen MR) is 99.7 cm³/mol. The Bertz CT molecular complexity index is 616. The number of benzene rings is 1. The number of hydrogen-bond acceptors (Lipinski definition) is 4. The van der Waals surface area contributed by atoms with Crippen molar-refractivity contribution in [1.82, 2.24) is 4.90 Å². The summed E-state index contributed by atoms with van der Waals surface area (Å²) in [5.41, 5.74) is 13.0. The molecule has 1 aliphatic rings.